The van der Waals surface area contributed by atoms with E-state index >= 15 is 0 Å². The third kappa shape index (κ3) is 1.90. The predicted octanol–water partition coefficient (Wildman–Crippen LogP) is 3.47. The van der Waals surface area contributed by atoms with E-state index in [1.807, 2.05) is 0 Å². The first-order valence-corrected chi connectivity index (χ1v) is 7.30. The number of hydrogen-bond acceptors (Lipinski definition) is 2. The van der Waals surface area contributed by atoms with Gasteiger partial charge in [0.15, 0.2) is 0 Å². The van der Waals surface area contributed by atoms with Crippen LogP contribution in [0, 0.1) is 0 Å². The highest BCUT2D eigenvalue weighted by Crippen LogP contribution is 2.53. The summed E-state index contributed by atoms with van der Waals surface area (Å²) in [5.41, 5.74) is 0. The van der Waals surface area contributed by atoms with Crippen molar-refractivity contribution in [3.63, 3.8) is 0 Å². The summed E-state index contributed by atoms with van der Waals surface area (Å²) in [5.74, 6) is 0. The standard InChI is InChI=1S/C11H24O2Si/c1-10(2,3)14(11(4,5)6)12-8-7-9-13-14/h7-9H2,1-6H3. The van der Waals surface area contributed by atoms with Crippen molar-refractivity contribution in [1.82, 2.24) is 0 Å². The molecule has 84 valence electrons. The molecule has 0 aliphatic carbocycles. The van der Waals surface area contributed by atoms with Gasteiger partial charge in [-0.1, -0.05) is 41.5 Å². The van der Waals surface area contributed by atoms with Gasteiger partial charge in [0.1, 0.15) is 0 Å². The molecule has 0 radical (unpaired) electrons. The summed E-state index contributed by atoms with van der Waals surface area (Å²) in [4.78, 5) is 0. The molecule has 0 aromatic heterocycles. The smallest absolute Gasteiger partial charge is 0.349 e. The first-order chi connectivity index (χ1) is 6.21. The van der Waals surface area contributed by atoms with E-state index in [2.05, 4.69) is 41.5 Å². The van der Waals surface area contributed by atoms with E-state index in [1.54, 1.807) is 0 Å². The van der Waals surface area contributed by atoms with E-state index in [1.165, 1.54) is 0 Å². The van der Waals surface area contributed by atoms with Crippen LogP contribution < -0.4 is 0 Å². The Morgan fingerprint density at radius 1 is 0.786 bits per heavy atom. The minimum atomic E-state index is -2.09. The van der Waals surface area contributed by atoms with E-state index < -0.39 is 8.56 Å². The molecular weight excluding hydrogens is 192 g/mol. The van der Waals surface area contributed by atoms with E-state index in [-0.39, 0.29) is 10.1 Å². The minimum Gasteiger partial charge on any atom is -0.394 e. The van der Waals surface area contributed by atoms with Gasteiger partial charge in [0, 0.05) is 23.3 Å². The third-order valence-corrected chi connectivity index (χ3v) is 8.04. The molecular formula is C11H24O2Si. The van der Waals surface area contributed by atoms with Gasteiger partial charge in [-0.3, -0.25) is 0 Å². The van der Waals surface area contributed by atoms with Crippen molar-refractivity contribution in [2.45, 2.75) is 58.0 Å². The van der Waals surface area contributed by atoms with Crippen molar-refractivity contribution >= 4 is 8.56 Å². The van der Waals surface area contributed by atoms with E-state index in [0.717, 1.165) is 19.6 Å². The van der Waals surface area contributed by atoms with Crippen LogP contribution in [0.1, 0.15) is 48.0 Å². The Kier molecular flexibility index (Phi) is 3.15. The molecule has 0 spiro atoms. The molecule has 1 aliphatic heterocycles. The highest BCUT2D eigenvalue weighted by molar-refractivity contribution is 6.73. The second-order valence-electron chi connectivity index (χ2n) is 6.17. The van der Waals surface area contributed by atoms with E-state index in [4.69, 9.17) is 8.85 Å². The Hall–Kier alpha value is 0.137. The fourth-order valence-corrected chi connectivity index (χ4v) is 7.45. The van der Waals surface area contributed by atoms with Crippen molar-refractivity contribution in [3.8, 4) is 0 Å². The number of hydrogen-bond donors (Lipinski definition) is 0. The molecule has 0 unspecified atom stereocenters. The molecule has 0 aromatic rings. The van der Waals surface area contributed by atoms with Gasteiger partial charge in [-0.25, -0.2) is 0 Å². The van der Waals surface area contributed by atoms with E-state index in [9.17, 15) is 0 Å². The zero-order chi connectivity index (χ0) is 11.0. The summed E-state index contributed by atoms with van der Waals surface area (Å²) in [7, 11) is -2.09. The van der Waals surface area contributed by atoms with Gasteiger partial charge < -0.3 is 8.85 Å². The Labute approximate surface area is 89.2 Å². The van der Waals surface area contributed by atoms with Gasteiger partial charge in [0.05, 0.1) is 0 Å². The fourth-order valence-electron chi connectivity index (χ4n) is 2.52. The maximum absolute atomic E-state index is 6.11. The second kappa shape index (κ2) is 3.61. The molecule has 0 N–H and O–H groups in total. The van der Waals surface area contributed by atoms with E-state index in [0.29, 0.717) is 0 Å². The molecule has 14 heavy (non-hydrogen) atoms. The minimum absolute atomic E-state index is 0.145. The topological polar surface area (TPSA) is 18.5 Å². The second-order valence-corrected chi connectivity index (χ2v) is 11.0. The van der Waals surface area contributed by atoms with Crippen LogP contribution in [0.2, 0.25) is 10.1 Å². The van der Waals surface area contributed by atoms with Crippen LogP contribution in [-0.2, 0) is 8.85 Å². The zero-order valence-electron chi connectivity index (χ0n) is 10.4. The van der Waals surface area contributed by atoms with Crippen molar-refractivity contribution in [3.05, 3.63) is 0 Å². The van der Waals surface area contributed by atoms with Gasteiger partial charge in [0.2, 0.25) is 0 Å². The summed E-state index contributed by atoms with van der Waals surface area (Å²) < 4.78 is 12.2. The molecule has 0 atom stereocenters. The Morgan fingerprint density at radius 3 is 1.36 bits per heavy atom. The lowest BCUT2D eigenvalue weighted by Crippen LogP contribution is -2.59. The highest BCUT2D eigenvalue weighted by atomic mass is 28.4. The Bertz CT molecular complexity index is 178. The molecule has 1 saturated heterocycles. The lowest BCUT2D eigenvalue weighted by atomic mass is 10.2. The predicted molar refractivity (Wildman–Crippen MR) is 61.7 cm³/mol. The van der Waals surface area contributed by atoms with Crippen molar-refractivity contribution in [2.75, 3.05) is 13.2 Å². The van der Waals surface area contributed by atoms with Crippen molar-refractivity contribution < 1.29 is 8.85 Å². The van der Waals surface area contributed by atoms with Crippen LogP contribution in [-0.4, -0.2) is 21.8 Å². The molecule has 1 heterocycles. The molecule has 2 nitrogen and oxygen atoms in total. The molecule has 1 fully saturated rings. The van der Waals surface area contributed by atoms with Crippen molar-refractivity contribution in [2.24, 2.45) is 0 Å². The highest BCUT2D eigenvalue weighted by Gasteiger charge is 2.58. The van der Waals surface area contributed by atoms with Gasteiger partial charge >= 0.3 is 8.56 Å². The molecule has 1 rings (SSSR count). The summed E-state index contributed by atoms with van der Waals surface area (Å²) in [5, 5.41) is 0.289. The lowest BCUT2D eigenvalue weighted by molar-refractivity contribution is 0.0749. The Balaban J connectivity index is 3.01. The van der Waals surface area contributed by atoms with Crippen molar-refractivity contribution in [1.29, 1.82) is 0 Å². The van der Waals surface area contributed by atoms with Gasteiger partial charge in [-0.05, 0) is 6.42 Å². The van der Waals surface area contributed by atoms with Crippen LogP contribution in [0.4, 0.5) is 0 Å². The largest absolute Gasteiger partial charge is 0.394 e. The van der Waals surface area contributed by atoms with Crippen LogP contribution in [0.25, 0.3) is 0 Å². The van der Waals surface area contributed by atoms with Gasteiger partial charge in [-0.2, -0.15) is 0 Å². The maximum Gasteiger partial charge on any atom is 0.349 e. The molecule has 0 bridgehead atoms. The van der Waals surface area contributed by atoms with Crippen LogP contribution >= 0.6 is 0 Å². The Morgan fingerprint density at radius 2 is 1.14 bits per heavy atom. The average Bonchev–Trinajstić information content (AvgIpc) is 2.02. The first-order valence-electron chi connectivity index (χ1n) is 5.49. The summed E-state index contributed by atoms with van der Waals surface area (Å²) in [6.07, 6.45) is 1.04. The SMILES string of the molecule is CC(C)(C)[Si]1(C(C)(C)C)OCCCO1. The summed E-state index contributed by atoms with van der Waals surface area (Å²) in [6, 6.07) is 0. The molecule has 0 saturated carbocycles. The normalized spacial score (nSPS) is 23.6. The third-order valence-electron chi connectivity index (χ3n) is 2.87. The lowest BCUT2D eigenvalue weighted by Gasteiger charge is -2.50. The monoisotopic (exact) mass is 216 g/mol. The number of rotatable bonds is 0. The summed E-state index contributed by atoms with van der Waals surface area (Å²) >= 11 is 0. The fraction of sp³-hybridized carbons (Fsp3) is 1.00. The summed E-state index contributed by atoms with van der Waals surface area (Å²) in [6.45, 7) is 15.2. The molecule has 0 aromatic carbocycles. The first kappa shape index (κ1) is 12.2. The van der Waals surface area contributed by atoms with Crippen LogP contribution in [0.3, 0.4) is 0 Å². The molecule has 3 heteroatoms. The molecule has 1 aliphatic rings. The van der Waals surface area contributed by atoms with Gasteiger partial charge in [0.25, 0.3) is 0 Å². The van der Waals surface area contributed by atoms with Crippen LogP contribution in [0.5, 0.6) is 0 Å². The maximum atomic E-state index is 6.11. The molecule has 0 amide bonds. The quantitative estimate of drug-likeness (QED) is 0.577. The zero-order valence-corrected chi connectivity index (χ0v) is 11.4. The van der Waals surface area contributed by atoms with Crippen LogP contribution in [0.15, 0.2) is 0 Å². The average molecular weight is 216 g/mol. The van der Waals surface area contributed by atoms with Gasteiger partial charge in [-0.15, -0.1) is 0 Å².